The van der Waals surface area contributed by atoms with Crippen LogP contribution in [0, 0.1) is 23.5 Å². The zero-order valence-corrected chi connectivity index (χ0v) is 12.2. The van der Waals surface area contributed by atoms with Gasteiger partial charge in [0.1, 0.15) is 0 Å². The Morgan fingerprint density at radius 2 is 1.85 bits per heavy atom. The van der Waals surface area contributed by atoms with E-state index in [1.54, 1.807) is 25.1 Å². The molecule has 1 aromatic carbocycles. The number of hydrogen-bond donors (Lipinski definition) is 0. The second-order valence-corrected chi connectivity index (χ2v) is 5.72. The first kappa shape index (κ1) is 15.0. The molecule has 0 spiro atoms. The van der Waals surface area contributed by atoms with E-state index in [-0.39, 0.29) is 11.3 Å². The minimum Gasteiger partial charge on any atom is -0.490 e. The molecule has 110 valence electrons. The maximum absolute atomic E-state index is 13.9. The molecular weight excluding hydrogens is 258 g/mol. The summed E-state index contributed by atoms with van der Waals surface area (Å²) in [6, 6.07) is 3.07. The van der Waals surface area contributed by atoms with Crippen LogP contribution in [-0.2, 0) is 0 Å². The lowest BCUT2D eigenvalue weighted by Crippen LogP contribution is -2.19. The number of benzene rings is 1. The normalized spacial score (nSPS) is 23.2. The molecule has 1 fully saturated rings. The minimum atomic E-state index is -0.884. The van der Waals surface area contributed by atoms with Crippen LogP contribution in [0.2, 0.25) is 0 Å². The standard InChI is InChI=1S/C17H22F2O/c1-3-4-14-9-10-15(17(19)16(14)18)20-11-13-7-5-12(2)6-8-13/h3-4,9-10,12-13H,5-8,11H2,1-2H3. The van der Waals surface area contributed by atoms with Crippen molar-refractivity contribution in [3.8, 4) is 5.75 Å². The van der Waals surface area contributed by atoms with Gasteiger partial charge in [0.25, 0.3) is 0 Å². The van der Waals surface area contributed by atoms with E-state index in [0.717, 1.165) is 18.8 Å². The first-order valence-electron chi connectivity index (χ1n) is 7.35. The van der Waals surface area contributed by atoms with E-state index in [2.05, 4.69) is 6.92 Å². The summed E-state index contributed by atoms with van der Waals surface area (Å²) in [7, 11) is 0. The van der Waals surface area contributed by atoms with Crippen molar-refractivity contribution in [2.24, 2.45) is 11.8 Å². The van der Waals surface area contributed by atoms with Gasteiger partial charge < -0.3 is 4.74 Å². The average Bonchev–Trinajstić information content (AvgIpc) is 2.45. The predicted molar refractivity (Wildman–Crippen MR) is 77.7 cm³/mol. The van der Waals surface area contributed by atoms with Gasteiger partial charge in [-0.3, -0.25) is 0 Å². The number of ether oxygens (including phenoxy) is 1. The van der Waals surface area contributed by atoms with Crippen molar-refractivity contribution in [1.82, 2.24) is 0 Å². The van der Waals surface area contributed by atoms with Crippen molar-refractivity contribution in [2.45, 2.75) is 39.5 Å². The Morgan fingerprint density at radius 1 is 1.15 bits per heavy atom. The average molecular weight is 280 g/mol. The van der Waals surface area contributed by atoms with Crippen molar-refractivity contribution in [1.29, 1.82) is 0 Å². The largest absolute Gasteiger partial charge is 0.490 e. The summed E-state index contributed by atoms with van der Waals surface area (Å²) in [6.07, 6.45) is 7.85. The summed E-state index contributed by atoms with van der Waals surface area (Å²) in [5.41, 5.74) is 0.254. The highest BCUT2D eigenvalue weighted by Gasteiger charge is 2.20. The van der Waals surface area contributed by atoms with Crippen molar-refractivity contribution in [3.05, 3.63) is 35.4 Å². The molecule has 2 rings (SSSR count). The predicted octanol–water partition coefficient (Wildman–Crippen LogP) is 5.20. The van der Waals surface area contributed by atoms with Gasteiger partial charge in [-0.25, -0.2) is 4.39 Å². The fourth-order valence-electron chi connectivity index (χ4n) is 2.67. The number of hydrogen-bond acceptors (Lipinski definition) is 1. The molecule has 1 aromatic rings. The van der Waals surface area contributed by atoms with E-state index in [9.17, 15) is 8.78 Å². The third-order valence-electron chi connectivity index (χ3n) is 4.03. The van der Waals surface area contributed by atoms with Crippen molar-refractivity contribution in [2.75, 3.05) is 6.61 Å². The molecule has 20 heavy (non-hydrogen) atoms. The van der Waals surface area contributed by atoms with Crippen molar-refractivity contribution < 1.29 is 13.5 Å². The second kappa shape index (κ2) is 6.87. The van der Waals surface area contributed by atoms with Gasteiger partial charge in [-0.2, -0.15) is 4.39 Å². The molecule has 0 atom stereocenters. The molecule has 1 aliphatic carbocycles. The third kappa shape index (κ3) is 3.59. The molecular formula is C17H22F2O. The highest BCUT2D eigenvalue weighted by atomic mass is 19.2. The van der Waals surface area contributed by atoms with E-state index in [1.807, 2.05) is 0 Å². The second-order valence-electron chi connectivity index (χ2n) is 5.72. The Bertz CT molecular complexity index is 474. The molecule has 0 radical (unpaired) electrons. The Kier molecular flexibility index (Phi) is 5.16. The van der Waals surface area contributed by atoms with Crippen LogP contribution in [0.4, 0.5) is 8.78 Å². The molecule has 1 nitrogen and oxygen atoms in total. The van der Waals surface area contributed by atoms with Gasteiger partial charge in [0, 0.05) is 5.56 Å². The lowest BCUT2D eigenvalue weighted by atomic mass is 9.83. The molecule has 1 saturated carbocycles. The molecule has 0 saturated heterocycles. The van der Waals surface area contributed by atoms with Crippen molar-refractivity contribution in [3.63, 3.8) is 0 Å². The Balaban J connectivity index is 1.98. The van der Waals surface area contributed by atoms with Crippen LogP contribution in [-0.4, -0.2) is 6.61 Å². The van der Waals surface area contributed by atoms with Crippen LogP contribution in [0.5, 0.6) is 5.75 Å². The van der Waals surface area contributed by atoms with Gasteiger partial charge in [-0.05, 0) is 43.7 Å². The zero-order valence-electron chi connectivity index (χ0n) is 12.2. The lowest BCUT2D eigenvalue weighted by molar-refractivity contribution is 0.182. The molecule has 0 unspecified atom stereocenters. The summed E-state index contributed by atoms with van der Waals surface area (Å²) >= 11 is 0. The first-order valence-corrected chi connectivity index (χ1v) is 7.35. The molecule has 0 N–H and O–H groups in total. The van der Waals surface area contributed by atoms with Crippen molar-refractivity contribution >= 4 is 6.08 Å². The quantitative estimate of drug-likeness (QED) is 0.736. The highest BCUT2D eigenvalue weighted by Crippen LogP contribution is 2.30. The van der Waals surface area contributed by atoms with Gasteiger partial charge in [0.15, 0.2) is 11.6 Å². The van der Waals surface area contributed by atoms with Crippen LogP contribution < -0.4 is 4.74 Å². The Hall–Kier alpha value is -1.38. The van der Waals surface area contributed by atoms with Crippen LogP contribution in [0.1, 0.15) is 45.1 Å². The van der Waals surface area contributed by atoms with E-state index in [4.69, 9.17) is 4.74 Å². The molecule has 0 heterocycles. The molecule has 0 bridgehead atoms. The van der Waals surface area contributed by atoms with Gasteiger partial charge in [-0.1, -0.05) is 31.9 Å². The fraction of sp³-hybridized carbons (Fsp3) is 0.529. The third-order valence-corrected chi connectivity index (χ3v) is 4.03. The van der Waals surface area contributed by atoms with Crippen LogP contribution in [0.3, 0.4) is 0 Å². The zero-order chi connectivity index (χ0) is 14.5. The monoisotopic (exact) mass is 280 g/mol. The summed E-state index contributed by atoms with van der Waals surface area (Å²) in [4.78, 5) is 0. The minimum absolute atomic E-state index is 0.0226. The van der Waals surface area contributed by atoms with Gasteiger partial charge >= 0.3 is 0 Å². The van der Waals surface area contributed by atoms with E-state index >= 15 is 0 Å². The molecule has 1 aliphatic rings. The number of halogens is 2. The summed E-state index contributed by atoms with van der Waals surface area (Å²) in [6.45, 7) is 4.50. The Morgan fingerprint density at radius 3 is 2.50 bits per heavy atom. The fourth-order valence-corrected chi connectivity index (χ4v) is 2.67. The topological polar surface area (TPSA) is 9.23 Å². The SMILES string of the molecule is CC=Cc1ccc(OCC2CCC(C)CC2)c(F)c1F. The first-order chi connectivity index (χ1) is 9.61. The van der Waals surface area contributed by atoms with Crippen LogP contribution in [0.15, 0.2) is 18.2 Å². The summed E-state index contributed by atoms with van der Waals surface area (Å²) < 4.78 is 33.1. The highest BCUT2D eigenvalue weighted by molar-refractivity contribution is 5.51. The van der Waals surface area contributed by atoms with E-state index in [1.165, 1.54) is 18.9 Å². The summed E-state index contributed by atoms with van der Waals surface area (Å²) in [5.74, 6) is -0.457. The lowest BCUT2D eigenvalue weighted by Gasteiger charge is -2.26. The van der Waals surface area contributed by atoms with E-state index in [0.29, 0.717) is 12.5 Å². The van der Waals surface area contributed by atoms with Gasteiger partial charge in [0.05, 0.1) is 6.61 Å². The summed E-state index contributed by atoms with van der Waals surface area (Å²) in [5, 5.41) is 0. The Labute approximate surface area is 119 Å². The maximum atomic E-state index is 13.9. The van der Waals surface area contributed by atoms with E-state index < -0.39 is 11.6 Å². The smallest absolute Gasteiger partial charge is 0.201 e. The molecule has 0 aromatic heterocycles. The molecule has 0 amide bonds. The van der Waals surface area contributed by atoms with Gasteiger partial charge in [-0.15, -0.1) is 0 Å². The maximum Gasteiger partial charge on any atom is 0.201 e. The number of rotatable bonds is 4. The van der Waals surface area contributed by atoms with Crippen LogP contribution >= 0.6 is 0 Å². The van der Waals surface area contributed by atoms with Crippen LogP contribution in [0.25, 0.3) is 6.08 Å². The molecule has 3 heteroatoms. The number of allylic oxidation sites excluding steroid dienone is 1. The van der Waals surface area contributed by atoms with Gasteiger partial charge in [0.2, 0.25) is 5.82 Å². The molecule has 0 aliphatic heterocycles.